The minimum Gasteiger partial charge on any atom is -0.386 e. The molecule has 2 aliphatic rings. The lowest BCUT2D eigenvalue weighted by Gasteiger charge is -2.43. The van der Waals surface area contributed by atoms with Crippen LogP contribution in [0.3, 0.4) is 0 Å². The van der Waals surface area contributed by atoms with Crippen molar-refractivity contribution >= 4 is 27.3 Å². The Morgan fingerprint density at radius 3 is 2.52 bits per heavy atom. The van der Waals surface area contributed by atoms with Crippen molar-refractivity contribution in [2.24, 2.45) is 10.7 Å². The van der Waals surface area contributed by atoms with Crippen molar-refractivity contribution < 1.29 is 26.4 Å². The summed E-state index contributed by atoms with van der Waals surface area (Å²) in [5.74, 6) is -0.836. The summed E-state index contributed by atoms with van der Waals surface area (Å²) < 4.78 is 63.0. The predicted octanol–water partition coefficient (Wildman–Crippen LogP) is 3.45. The van der Waals surface area contributed by atoms with Gasteiger partial charge in [-0.15, -0.1) is 0 Å². The minimum absolute atomic E-state index is 0.0463. The Morgan fingerprint density at radius 1 is 1.18 bits per heavy atom. The summed E-state index contributed by atoms with van der Waals surface area (Å²) in [6.45, 7) is 3.07. The Labute approximate surface area is 189 Å². The third-order valence-electron chi connectivity index (χ3n) is 6.39. The van der Waals surface area contributed by atoms with E-state index in [0.717, 1.165) is 30.5 Å². The van der Waals surface area contributed by atoms with Crippen molar-refractivity contribution in [3.63, 3.8) is 0 Å². The number of rotatable bonds is 2. The number of hydrogen-bond acceptors (Lipinski definition) is 6. The summed E-state index contributed by atoms with van der Waals surface area (Å²) in [4.78, 5) is 20.8. The third-order valence-corrected chi connectivity index (χ3v) is 9.01. The largest absolute Gasteiger partial charge is 0.417 e. The van der Waals surface area contributed by atoms with Crippen molar-refractivity contribution in [2.45, 2.75) is 49.6 Å². The first-order valence-corrected chi connectivity index (χ1v) is 12.0. The molecule has 1 atom stereocenters. The fourth-order valence-corrected chi connectivity index (χ4v) is 5.94. The molecule has 11 heteroatoms. The van der Waals surface area contributed by atoms with Crippen LogP contribution in [0.4, 0.5) is 18.9 Å². The van der Waals surface area contributed by atoms with E-state index in [1.165, 1.54) is 13.8 Å². The van der Waals surface area contributed by atoms with E-state index in [1.807, 2.05) is 0 Å². The van der Waals surface area contributed by atoms with E-state index >= 15 is 0 Å². The maximum absolute atomic E-state index is 13.0. The fourth-order valence-electron chi connectivity index (χ4n) is 4.22. The van der Waals surface area contributed by atoms with Gasteiger partial charge in [-0.05, 0) is 68.5 Å². The van der Waals surface area contributed by atoms with Gasteiger partial charge in [0.25, 0.3) is 5.91 Å². The smallest absolute Gasteiger partial charge is 0.386 e. The van der Waals surface area contributed by atoms with E-state index in [4.69, 9.17) is 5.73 Å². The van der Waals surface area contributed by atoms with Crippen LogP contribution in [0.2, 0.25) is 0 Å². The molecule has 0 saturated carbocycles. The quantitative estimate of drug-likeness (QED) is 0.683. The maximum atomic E-state index is 13.0. The Kier molecular flexibility index (Phi) is 5.31. The first-order chi connectivity index (χ1) is 15.3. The van der Waals surface area contributed by atoms with Gasteiger partial charge in [-0.2, -0.15) is 13.2 Å². The van der Waals surface area contributed by atoms with E-state index in [9.17, 15) is 26.4 Å². The van der Waals surface area contributed by atoms with Crippen LogP contribution in [-0.2, 0) is 28.0 Å². The maximum Gasteiger partial charge on any atom is 0.417 e. The van der Waals surface area contributed by atoms with Gasteiger partial charge in [-0.1, -0.05) is 6.07 Å². The van der Waals surface area contributed by atoms with Gasteiger partial charge < -0.3 is 11.1 Å². The van der Waals surface area contributed by atoms with E-state index in [0.29, 0.717) is 23.9 Å². The molecule has 1 spiro atoms. The number of aryl methyl sites for hydroxylation is 1. The van der Waals surface area contributed by atoms with Gasteiger partial charge >= 0.3 is 6.18 Å². The first kappa shape index (κ1) is 23.2. The molecule has 1 aliphatic carbocycles. The molecule has 176 valence electrons. The Morgan fingerprint density at radius 2 is 1.91 bits per heavy atom. The molecule has 2 aromatic rings. The number of fused-ring (bicyclic) bond motifs is 2. The number of hydrogen-bond donors (Lipinski definition) is 2. The Balaban J connectivity index is 1.67. The Hall–Kier alpha value is -2.95. The summed E-state index contributed by atoms with van der Waals surface area (Å²) in [6.07, 6.45) is -1.99. The highest BCUT2D eigenvalue weighted by molar-refractivity contribution is 7.93. The standard InChI is InChI=1S/C22H23F3N4O3S/c1-20(2)19(26)29-21(12-33(20,31)32)9-3-4-13-5-7-15(10-16(13)21)28-18(30)17-8-6-14(11-27-17)22(23,24)25/h5-8,10-11H,3-4,9,12H2,1-2H3,(H2,26,29)(H,28,30). The molecule has 4 rings (SSSR count). The number of aliphatic imine (C=N–C) groups is 1. The average molecular weight is 481 g/mol. The van der Waals surface area contributed by atoms with Crippen LogP contribution in [0.15, 0.2) is 41.5 Å². The highest BCUT2D eigenvalue weighted by Gasteiger charge is 2.51. The van der Waals surface area contributed by atoms with Gasteiger partial charge in [0.1, 0.15) is 21.8 Å². The highest BCUT2D eigenvalue weighted by Crippen LogP contribution is 2.45. The number of benzene rings is 1. The number of amides is 1. The van der Waals surface area contributed by atoms with Crippen molar-refractivity contribution in [3.8, 4) is 0 Å². The zero-order chi connectivity index (χ0) is 24.2. The van der Waals surface area contributed by atoms with E-state index in [1.54, 1.807) is 18.2 Å². The molecule has 3 N–H and O–H groups in total. The summed E-state index contributed by atoms with van der Waals surface area (Å²) in [7, 11) is -3.60. The molecule has 0 radical (unpaired) electrons. The second kappa shape index (κ2) is 7.54. The summed E-state index contributed by atoms with van der Waals surface area (Å²) in [5, 5.41) is 2.62. The zero-order valence-electron chi connectivity index (χ0n) is 18.0. The SMILES string of the molecule is CC1(C)C(N)=NC2(CCCc3ccc(NC(=O)c4ccc(C(F)(F)F)cn4)cc32)CS1(=O)=O. The molecule has 0 saturated heterocycles. The molecule has 1 aromatic heterocycles. The number of nitrogens with one attached hydrogen (secondary N) is 1. The van der Waals surface area contributed by atoms with Crippen LogP contribution in [0, 0.1) is 0 Å². The molecule has 7 nitrogen and oxygen atoms in total. The van der Waals surface area contributed by atoms with Crippen LogP contribution in [0.1, 0.15) is 53.9 Å². The number of nitrogens with two attached hydrogens (primary N) is 1. The van der Waals surface area contributed by atoms with Crippen LogP contribution in [0.25, 0.3) is 0 Å². The van der Waals surface area contributed by atoms with E-state index < -0.39 is 37.8 Å². The van der Waals surface area contributed by atoms with Crippen LogP contribution >= 0.6 is 0 Å². The molecule has 1 unspecified atom stereocenters. The molecule has 1 aromatic carbocycles. The third kappa shape index (κ3) is 3.98. The van der Waals surface area contributed by atoms with Gasteiger partial charge in [0.05, 0.1) is 11.3 Å². The molecular formula is C22H23F3N4O3S. The van der Waals surface area contributed by atoms with E-state index in [-0.39, 0.29) is 17.3 Å². The minimum atomic E-state index is -4.55. The average Bonchev–Trinajstić information content (AvgIpc) is 2.72. The lowest BCUT2D eigenvalue weighted by Crippen LogP contribution is -2.56. The van der Waals surface area contributed by atoms with Crippen LogP contribution in [0.5, 0.6) is 0 Å². The fraction of sp³-hybridized carbons (Fsp3) is 0.409. The van der Waals surface area contributed by atoms with Crippen molar-refractivity contribution in [3.05, 3.63) is 58.9 Å². The number of amidine groups is 1. The second-order valence-corrected chi connectivity index (χ2v) is 11.4. The number of carbonyl (C=O) groups is 1. The van der Waals surface area contributed by atoms with Crippen molar-refractivity contribution in [2.75, 3.05) is 11.1 Å². The van der Waals surface area contributed by atoms with Gasteiger partial charge in [0.2, 0.25) is 0 Å². The van der Waals surface area contributed by atoms with Crippen molar-refractivity contribution in [1.82, 2.24) is 4.98 Å². The topological polar surface area (TPSA) is 115 Å². The van der Waals surface area contributed by atoms with Gasteiger partial charge in [0, 0.05) is 11.9 Å². The molecule has 1 amide bonds. The molecule has 33 heavy (non-hydrogen) atoms. The highest BCUT2D eigenvalue weighted by atomic mass is 32.2. The summed E-state index contributed by atoms with van der Waals surface area (Å²) in [5.41, 5.74) is 5.87. The van der Waals surface area contributed by atoms with Crippen LogP contribution in [-0.4, -0.2) is 35.6 Å². The summed E-state index contributed by atoms with van der Waals surface area (Å²) >= 11 is 0. The van der Waals surface area contributed by atoms with Gasteiger partial charge in [-0.25, -0.2) is 8.42 Å². The number of aromatic nitrogens is 1. The second-order valence-electron chi connectivity index (χ2n) is 8.91. The number of carbonyl (C=O) groups excluding carboxylic acids is 1. The number of halogens is 3. The van der Waals surface area contributed by atoms with Crippen molar-refractivity contribution in [1.29, 1.82) is 0 Å². The zero-order valence-corrected chi connectivity index (χ0v) is 18.8. The lowest BCUT2D eigenvalue weighted by molar-refractivity contribution is -0.137. The number of sulfone groups is 1. The lowest BCUT2D eigenvalue weighted by atomic mass is 9.77. The molecule has 0 fully saturated rings. The molecular weight excluding hydrogens is 457 g/mol. The monoisotopic (exact) mass is 480 g/mol. The van der Waals surface area contributed by atoms with Gasteiger partial charge in [-0.3, -0.25) is 14.8 Å². The van der Waals surface area contributed by atoms with Crippen LogP contribution < -0.4 is 11.1 Å². The first-order valence-electron chi connectivity index (χ1n) is 10.3. The number of pyridine rings is 1. The normalized spacial score (nSPS) is 23.5. The molecule has 2 heterocycles. The van der Waals surface area contributed by atoms with E-state index in [2.05, 4.69) is 15.3 Å². The molecule has 0 bridgehead atoms. The van der Waals surface area contributed by atoms with Gasteiger partial charge in [0.15, 0.2) is 9.84 Å². The number of nitrogens with zero attached hydrogens (tertiary/aromatic N) is 2. The predicted molar refractivity (Wildman–Crippen MR) is 118 cm³/mol. The number of anilines is 1. The summed E-state index contributed by atoms with van der Waals surface area (Å²) in [6, 6.07) is 6.91. The Bertz CT molecular complexity index is 1250. The molecule has 1 aliphatic heterocycles. The number of alkyl halides is 3.